The average molecular weight is 326 g/mol. The predicted molar refractivity (Wildman–Crippen MR) is 81.5 cm³/mol. The molecule has 0 unspecified atom stereocenters. The molecular weight excluding hydrogens is 309 g/mol. The molecule has 0 N–H and O–H groups in total. The molecule has 124 valence electrons. The minimum atomic E-state index is -4.59. The van der Waals surface area contributed by atoms with E-state index in [1.54, 1.807) is 32.0 Å². The Hall–Kier alpha value is -2.31. The topological polar surface area (TPSA) is 42.3 Å². The molecule has 0 fully saturated rings. The number of fused-ring (bicyclic) bond motifs is 1. The second kappa shape index (κ2) is 6.44. The van der Waals surface area contributed by atoms with Crippen molar-refractivity contribution in [3.8, 4) is 0 Å². The summed E-state index contributed by atoms with van der Waals surface area (Å²) < 4.78 is 39.1. The number of hydrogen-bond acceptors (Lipinski definition) is 2. The van der Waals surface area contributed by atoms with Crippen molar-refractivity contribution in [3.63, 3.8) is 0 Å². The van der Waals surface area contributed by atoms with Crippen LogP contribution in [0.1, 0.15) is 24.3 Å². The molecule has 0 aliphatic rings. The van der Waals surface area contributed by atoms with Gasteiger partial charge >= 0.3 is 6.18 Å². The first-order valence-electron chi connectivity index (χ1n) is 7.27. The molecule has 7 heteroatoms. The lowest BCUT2D eigenvalue weighted by atomic mass is 10.1. The van der Waals surface area contributed by atoms with Crippen molar-refractivity contribution in [2.45, 2.75) is 26.6 Å². The molecule has 0 aliphatic carbocycles. The van der Waals surface area contributed by atoms with Gasteiger partial charge in [-0.15, -0.1) is 0 Å². The summed E-state index contributed by atoms with van der Waals surface area (Å²) >= 11 is 0. The van der Waals surface area contributed by atoms with Crippen LogP contribution in [0, 0.1) is 0 Å². The molecule has 1 aromatic heterocycles. The summed E-state index contributed by atoms with van der Waals surface area (Å²) in [7, 11) is 0. The molecule has 1 amide bonds. The molecule has 0 radical (unpaired) electrons. The number of carbonyl (C=O) groups excluding carboxylic acids is 1. The first-order valence-corrected chi connectivity index (χ1v) is 7.27. The molecular formula is C16H17F3N2O2. The third-order valence-corrected chi connectivity index (χ3v) is 3.63. The lowest BCUT2D eigenvalue weighted by Gasteiger charge is -2.22. The highest BCUT2D eigenvalue weighted by Crippen LogP contribution is 2.20. The Morgan fingerprint density at radius 2 is 1.78 bits per heavy atom. The number of hydrogen-bond donors (Lipinski definition) is 0. The molecule has 23 heavy (non-hydrogen) atoms. The SMILES string of the molecule is CCN(CC)C(=O)c1cc2ccccc2c(=O)n1CC(F)(F)F. The van der Waals surface area contributed by atoms with Crippen LogP contribution in [0.4, 0.5) is 13.2 Å². The lowest BCUT2D eigenvalue weighted by molar-refractivity contribution is -0.141. The molecule has 0 saturated carbocycles. The summed E-state index contributed by atoms with van der Waals surface area (Å²) in [6.07, 6.45) is -4.59. The smallest absolute Gasteiger partial charge is 0.338 e. The minimum Gasteiger partial charge on any atom is -0.338 e. The van der Waals surface area contributed by atoms with Crippen molar-refractivity contribution < 1.29 is 18.0 Å². The van der Waals surface area contributed by atoms with Crippen LogP contribution in [-0.2, 0) is 6.54 Å². The van der Waals surface area contributed by atoms with Gasteiger partial charge in [-0.1, -0.05) is 18.2 Å². The quantitative estimate of drug-likeness (QED) is 0.867. The molecule has 2 rings (SSSR count). The zero-order valence-corrected chi connectivity index (χ0v) is 12.9. The second-order valence-electron chi connectivity index (χ2n) is 5.10. The van der Waals surface area contributed by atoms with Crippen LogP contribution in [0.2, 0.25) is 0 Å². The minimum absolute atomic E-state index is 0.160. The van der Waals surface area contributed by atoms with E-state index in [1.807, 2.05) is 0 Å². The summed E-state index contributed by atoms with van der Waals surface area (Å²) in [6, 6.07) is 7.65. The zero-order chi connectivity index (χ0) is 17.2. The number of rotatable bonds is 4. The van der Waals surface area contributed by atoms with Crippen LogP contribution in [-0.4, -0.2) is 34.6 Å². The molecule has 0 bridgehead atoms. The maximum Gasteiger partial charge on any atom is 0.406 e. The van der Waals surface area contributed by atoms with Gasteiger partial charge in [0.05, 0.1) is 0 Å². The van der Waals surface area contributed by atoms with E-state index >= 15 is 0 Å². The number of nitrogens with zero attached hydrogens (tertiary/aromatic N) is 2. The van der Waals surface area contributed by atoms with E-state index in [-0.39, 0.29) is 11.1 Å². The molecule has 2 aromatic rings. The van der Waals surface area contributed by atoms with Crippen molar-refractivity contribution in [3.05, 3.63) is 46.4 Å². The Kier molecular flexibility index (Phi) is 4.77. The van der Waals surface area contributed by atoms with Crippen LogP contribution in [0.15, 0.2) is 35.1 Å². The number of halogens is 3. The fourth-order valence-corrected chi connectivity index (χ4v) is 2.48. The number of benzene rings is 1. The summed E-state index contributed by atoms with van der Waals surface area (Å²) in [5.41, 5.74) is -1.05. The van der Waals surface area contributed by atoms with Crippen molar-refractivity contribution in [1.29, 1.82) is 0 Å². The van der Waals surface area contributed by atoms with Gasteiger partial charge in [-0.2, -0.15) is 13.2 Å². The highest BCUT2D eigenvalue weighted by molar-refractivity contribution is 5.96. The number of aromatic nitrogens is 1. The lowest BCUT2D eigenvalue weighted by Crippen LogP contribution is -2.38. The van der Waals surface area contributed by atoms with E-state index in [0.717, 1.165) is 0 Å². The fourth-order valence-electron chi connectivity index (χ4n) is 2.48. The number of amides is 1. The van der Waals surface area contributed by atoms with Crippen molar-refractivity contribution >= 4 is 16.7 Å². The van der Waals surface area contributed by atoms with Gasteiger partial charge in [-0.3, -0.25) is 14.2 Å². The Morgan fingerprint density at radius 3 is 2.35 bits per heavy atom. The number of pyridine rings is 1. The predicted octanol–water partition coefficient (Wildman–Crippen LogP) is 3.05. The van der Waals surface area contributed by atoms with Crippen molar-refractivity contribution in [1.82, 2.24) is 9.47 Å². The average Bonchev–Trinajstić information content (AvgIpc) is 2.50. The summed E-state index contributed by atoms with van der Waals surface area (Å²) in [5.74, 6) is -0.581. The summed E-state index contributed by atoms with van der Waals surface area (Å²) in [4.78, 5) is 26.3. The number of carbonyl (C=O) groups is 1. The largest absolute Gasteiger partial charge is 0.406 e. The maximum absolute atomic E-state index is 12.8. The molecule has 0 aliphatic heterocycles. The highest BCUT2D eigenvalue weighted by atomic mass is 19.4. The third kappa shape index (κ3) is 3.55. The van der Waals surface area contributed by atoms with Crippen LogP contribution in [0.3, 0.4) is 0 Å². The van der Waals surface area contributed by atoms with Gasteiger partial charge in [0.1, 0.15) is 12.2 Å². The Labute approximate surface area is 131 Å². The van der Waals surface area contributed by atoms with Gasteiger partial charge in [0.25, 0.3) is 11.5 Å². The number of alkyl halides is 3. The van der Waals surface area contributed by atoms with E-state index in [0.29, 0.717) is 23.0 Å². The maximum atomic E-state index is 12.8. The van der Waals surface area contributed by atoms with Crippen LogP contribution >= 0.6 is 0 Å². The summed E-state index contributed by atoms with van der Waals surface area (Å²) in [5, 5.41) is 0.610. The monoisotopic (exact) mass is 326 g/mol. The van der Waals surface area contributed by atoms with Crippen LogP contribution < -0.4 is 5.56 Å². The molecule has 1 heterocycles. The Bertz CT molecular complexity index is 777. The standard InChI is InChI=1S/C16H17F3N2O2/c1-3-20(4-2)15(23)13-9-11-7-5-6-8-12(11)14(22)21(13)10-16(17,18)19/h5-9H,3-4,10H2,1-2H3. The first-order chi connectivity index (χ1) is 10.8. The zero-order valence-electron chi connectivity index (χ0n) is 12.9. The van der Waals surface area contributed by atoms with Crippen molar-refractivity contribution in [2.24, 2.45) is 0 Å². The van der Waals surface area contributed by atoms with Gasteiger partial charge in [-0.05, 0) is 31.4 Å². The van der Waals surface area contributed by atoms with Gasteiger partial charge in [0.15, 0.2) is 0 Å². The first kappa shape index (κ1) is 17.1. The Morgan fingerprint density at radius 1 is 1.17 bits per heavy atom. The molecule has 0 atom stereocenters. The van der Waals surface area contributed by atoms with E-state index in [2.05, 4.69) is 0 Å². The van der Waals surface area contributed by atoms with Crippen LogP contribution in [0.5, 0.6) is 0 Å². The molecule has 1 aromatic carbocycles. The van der Waals surface area contributed by atoms with E-state index in [4.69, 9.17) is 0 Å². The van der Waals surface area contributed by atoms with E-state index in [1.165, 1.54) is 17.0 Å². The van der Waals surface area contributed by atoms with Gasteiger partial charge in [0.2, 0.25) is 0 Å². The van der Waals surface area contributed by atoms with Crippen LogP contribution in [0.25, 0.3) is 10.8 Å². The normalized spacial score (nSPS) is 11.7. The third-order valence-electron chi connectivity index (χ3n) is 3.63. The van der Waals surface area contributed by atoms with Gasteiger partial charge in [-0.25, -0.2) is 0 Å². The van der Waals surface area contributed by atoms with Gasteiger partial charge < -0.3 is 4.90 Å². The fraction of sp³-hybridized carbons (Fsp3) is 0.375. The molecule has 0 saturated heterocycles. The van der Waals surface area contributed by atoms with E-state index in [9.17, 15) is 22.8 Å². The van der Waals surface area contributed by atoms with Gasteiger partial charge in [0, 0.05) is 18.5 Å². The molecule has 4 nitrogen and oxygen atoms in total. The highest BCUT2D eigenvalue weighted by Gasteiger charge is 2.31. The Balaban J connectivity index is 2.72. The second-order valence-corrected chi connectivity index (χ2v) is 5.10. The van der Waals surface area contributed by atoms with Crippen molar-refractivity contribution in [2.75, 3.05) is 13.1 Å². The summed E-state index contributed by atoms with van der Waals surface area (Å²) in [6.45, 7) is 2.67. The molecule has 0 spiro atoms. The van der Waals surface area contributed by atoms with E-state index < -0.39 is 24.2 Å².